The van der Waals surface area contributed by atoms with E-state index in [9.17, 15) is 4.79 Å². The molecule has 1 aliphatic heterocycles. The van der Waals surface area contributed by atoms with E-state index in [0.717, 1.165) is 47.1 Å². The fraction of sp³-hybridized carbons (Fsp3) is 0.286. The van der Waals surface area contributed by atoms with Crippen LogP contribution in [0.4, 0.5) is 5.82 Å². The third-order valence-electron chi connectivity index (χ3n) is 5.36. The number of carbonyl (C=O) groups is 1. The third kappa shape index (κ3) is 3.40. The smallest absolute Gasteiger partial charge is 0.140 e. The van der Waals surface area contributed by atoms with Gasteiger partial charge in [-0.1, -0.05) is 48.3 Å². The molecule has 0 spiro atoms. The van der Waals surface area contributed by atoms with E-state index < -0.39 is 0 Å². The first kappa shape index (κ1) is 18.2. The lowest BCUT2D eigenvalue weighted by Gasteiger charge is -2.35. The van der Waals surface area contributed by atoms with Gasteiger partial charge in [0.1, 0.15) is 18.4 Å². The molecule has 0 aliphatic carbocycles. The van der Waals surface area contributed by atoms with Crippen molar-refractivity contribution in [2.24, 2.45) is 11.8 Å². The molecule has 2 unspecified atom stereocenters. The maximum absolute atomic E-state index is 11.5. The number of piperidine rings is 1. The minimum absolute atomic E-state index is 0.0147. The molecular weight excluding hydrogens is 381 g/mol. The fourth-order valence-electron chi connectivity index (χ4n) is 3.71. The van der Waals surface area contributed by atoms with E-state index in [-0.39, 0.29) is 5.92 Å². The topological polar surface area (TPSA) is 46.1 Å². The summed E-state index contributed by atoms with van der Waals surface area (Å²) in [6.45, 7) is 3.68. The minimum Gasteiger partial charge on any atom is -0.355 e. The molecule has 4 nitrogen and oxygen atoms in total. The van der Waals surface area contributed by atoms with Crippen molar-refractivity contribution in [1.82, 2.24) is 9.97 Å². The van der Waals surface area contributed by atoms with Gasteiger partial charge in [-0.15, -0.1) is 0 Å². The highest BCUT2D eigenvalue weighted by Gasteiger charge is 2.28. The third-order valence-corrected chi connectivity index (χ3v) is 6.10. The summed E-state index contributed by atoms with van der Waals surface area (Å²) in [6.07, 6.45) is 3.62. The second kappa shape index (κ2) is 7.45. The van der Waals surface area contributed by atoms with Gasteiger partial charge in [0.15, 0.2) is 0 Å². The molecule has 1 fully saturated rings. The monoisotopic (exact) mass is 399 g/mol. The van der Waals surface area contributed by atoms with Crippen molar-refractivity contribution in [3.05, 3.63) is 52.8 Å². The van der Waals surface area contributed by atoms with E-state index in [4.69, 9.17) is 23.2 Å². The number of anilines is 1. The molecule has 138 valence electrons. The summed E-state index contributed by atoms with van der Waals surface area (Å²) < 4.78 is 0. The van der Waals surface area contributed by atoms with Crippen LogP contribution in [0.3, 0.4) is 0 Å². The quantitative estimate of drug-likeness (QED) is 0.563. The van der Waals surface area contributed by atoms with Crippen LogP contribution < -0.4 is 4.90 Å². The molecule has 27 heavy (non-hydrogen) atoms. The molecule has 2 atom stereocenters. The van der Waals surface area contributed by atoms with Crippen LogP contribution in [-0.4, -0.2) is 29.3 Å². The summed E-state index contributed by atoms with van der Waals surface area (Å²) in [4.78, 5) is 22.7. The SMILES string of the molecule is CC1CCN(c2ncnc3cccc(-c4ccc(Cl)c(Cl)c4)c23)CC1C=O. The van der Waals surface area contributed by atoms with Gasteiger partial charge in [0.2, 0.25) is 0 Å². The second-order valence-corrected chi connectivity index (χ2v) is 7.85. The molecule has 1 saturated heterocycles. The highest BCUT2D eigenvalue weighted by molar-refractivity contribution is 6.42. The minimum atomic E-state index is 0.0147. The zero-order chi connectivity index (χ0) is 19.0. The summed E-state index contributed by atoms with van der Waals surface area (Å²) in [7, 11) is 0. The lowest BCUT2D eigenvalue weighted by molar-refractivity contribution is -0.112. The number of aldehydes is 1. The zero-order valence-electron chi connectivity index (χ0n) is 14.9. The normalized spacial score (nSPS) is 20.0. The summed E-state index contributed by atoms with van der Waals surface area (Å²) in [5.41, 5.74) is 2.83. The number of nitrogens with zero attached hydrogens (tertiary/aromatic N) is 3. The molecule has 1 aromatic heterocycles. The summed E-state index contributed by atoms with van der Waals surface area (Å²) in [5, 5.41) is 2.01. The molecule has 0 saturated carbocycles. The van der Waals surface area contributed by atoms with Crippen LogP contribution in [0.15, 0.2) is 42.7 Å². The van der Waals surface area contributed by atoms with Gasteiger partial charge < -0.3 is 9.69 Å². The lowest BCUT2D eigenvalue weighted by Crippen LogP contribution is -2.40. The Bertz CT molecular complexity index is 1000. The van der Waals surface area contributed by atoms with Crippen LogP contribution in [0.1, 0.15) is 13.3 Å². The predicted molar refractivity (Wildman–Crippen MR) is 111 cm³/mol. The predicted octanol–water partition coefficient (Wildman–Crippen LogP) is 5.26. The standard InChI is InChI=1S/C21H19Cl2N3O/c1-13-7-8-26(10-15(13)11-27)21-20-16(3-2-4-19(20)24-12-25-21)14-5-6-17(22)18(23)9-14/h2-6,9,11-13,15H,7-8,10H2,1H3. The number of fused-ring (bicyclic) bond motifs is 1. The van der Waals surface area contributed by atoms with Gasteiger partial charge in [-0.2, -0.15) is 0 Å². The Morgan fingerprint density at radius 2 is 2.00 bits per heavy atom. The van der Waals surface area contributed by atoms with Crippen molar-refractivity contribution in [3.63, 3.8) is 0 Å². The Morgan fingerprint density at radius 3 is 2.78 bits per heavy atom. The molecule has 2 aromatic carbocycles. The van der Waals surface area contributed by atoms with E-state index in [1.54, 1.807) is 12.4 Å². The number of aromatic nitrogens is 2. The van der Waals surface area contributed by atoms with Gasteiger partial charge in [-0.25, -0.2) is 9.97 Å². The lowest BCUT2D eigenvalue weighted by atomic mass is 9.88. The molecule has 0 amide bonds. The Morgan fingerprint density at radius 1 is 1.15 bits per heavy atom. The summed E-state index contributed by atoms with van der Waals surface area (Å²) >= 11 is 12.3. The largest absolute Gasteiger partial charge is 0.355 e. The first-order valence-electron chi connectivity index (χ1n) is 8.98. The molecule has 6 heteroatoms. The number of hydrogen-bond donors (Lipinski definition) is 0. The van der Waals surface area contributed by atoms with Crippen molar-refractivity contribution in [2.45, 2.75) is 13.3 Å². The molecule has 3 aromatic rings. The Balaban J connectivity index is 1.87. The van der Waals surface area contributed by atoms with Crippen LogP contribution in [0.5, 0.6) is 0 Å². The van der Waals surface area contributed by atoms with E-state index in [1.807, 2.05) is 30.3 Å². The van der Waals surface area contributed by atoms with Crippen molar-refractivity contribution in [3.8, 4) is 11.1 Å². The van der Waals surface area contributed by atoms with Crippen molar-refractivity contribution in [2.75, 3.05) is 18.0 Å². The molecule has 0 bridgehead atoms. The molecule has 0 radical (unpaired) electrons. The fourth-order valence-corrected chi connectivity index (χ4v) is 4.00. The first-order valence-corrected chi connectivity index (χ1v) is 9.73. The van der Waals surface area contributed by atoms with Crippen LogP contribution in [0.2, 0.25) is 10.0 Å². The summed E-state index contributed by atoms with van der Waals surface area (Å²) in [5.74, 6) is 1.27. The highest BCUT2D eigenvalue weighted by Crippen LogP contribution is 2.37. The highest BCUT2D eigenvalue weighted by atomic mass is 35.5. The Kier molecular flexibility index (Phi) is 5.02. The van der Waals surface area contributed by atoms with Crippen LogP contribution in [-0.2, 0) is 4.79 Å². The number of carbonyl (C=O) groups excluding carboxylic acids is 1. The van der Waals surface area contributed by atoms with Gasteiger partial charge in [0.05, 0.1) is 20.9 Å². The molecular formula is C21H19Cl2N3O. The van der Waals surface area contributed by atoms with Crippen molar-refractivity contribution < 1.29 is 4.79 Å². The van der Waals surface area contributed by atoms with Crippen molar-refractivity contribution in [1.29, 1.82) is 0 Å². The average molecular weight is 400 g/mol. The van der Waals surface area contributed by atoms with E-state index in [2.05, 4.69) is 21.8 Å². The summed E-state index contributed by atoms with van der Waals surface area (Å²) in [6, 6.07) is 11.6. The number of hydrogen-bond acceptors (Lipinski definition) is 4. The van der Waals surface area contributed by atoms with Gasteiger partial charge in [-0.3, -0.25) is 0 Å². The average Bonchev–Trinajstić information content (AvgIpc) is 2.69. The van der Waals surface area contributed by atoms with E-state index in [1.165, 1.54) is 0 Å². The van der Waals surface area contributed by atoms with Gasteiger partial charge in [0, 0.05) is 19.0 Å². The molecule has 2 heterocycles. The van der Waals surface area contributed by atoms with Crippen LogP contribution >= 0.6 is 23.2 Å². The van der Waals surface area contributed by atoms with Gasteiger partial charge in [0.25, 0.3) is 0 Å². The van der Waals surface area contributed by atoms with Gasteiger partial charge in [-0.05, 0) is 41.7 Å². The Labute approximate surface area is 168 Å². The zero-order valence-corrected chi connectivity index (χ0v) is 16.4. The van der Waals surface area contributed by atoms with Crippen molar-refractivity contribution >= 4 is 46.2 Å². The Hall–Kier alpha value is -2.17. The number of halogens is 2. The molecule has 4 rings (SSSR count). The molecule has 1 aliphatic rings. The van der Waals surface area contributed by atoms with Gasteiger partial charge >= 0.3 is 0 Å². The first-order chi connectivity index (χ1) is 13.1. The van der Waals surface area contributed by atoms with Crippen LogP contribution in [0, 0.1) is 11.8 Å². The second-order valence-electron chi connectivity index (χ2n) is 7.04. The number of benzene rings is 2. The van der Waals surface area contributed by atoms with E-state index >= 15 is 0 Å². The molecule has 0 N–H and O–H groups in total. The number of rotatable bonds is 3. The van der Waals surface area contributed by atoms with Crippen LogP contribution in [0.25, 0.3) is 22.0 Å². The maximum atomic E-state index is 11.5. The maximum Gasteiger partial charge on any atom is 0.140 e. The van der Waals surface area contributed by atoms with E-state index in [0.29, 0.717) is 22.5 Å².